The van der Waals surface area contributed by atoms with Crippen molar-refractivity contribution in [3.63, 3.8) is 0 Å². The fraction of sp³-hybridized carbons (Fsp3) is 0.867. The second-order valence-corrected chi connectivity index (χ2v) is 6.69. The number of hydrogen-bond acceptors (Lipinski definition) is 4. The molecule has 1 aliphatic carbocycles. The van der Waals surface area contributed by atoms with Gasteiger partial charge < -0.3 is 20.1 Å². The number of nitrogens with one attached hydrogen (secondary N) is 1. The van der Waals surface area contributed by atoms with E-state index in [4.69, 9.17) is 9.84 Å². The van der Waals surface area contributed by atoms with Crippen molar-refractivity contribution in [2.75, 3.05) is 13.1 Å². The minimum Gasteiger partial charge on any atom is -0.481 e. The quantitative estimate of drug-likeness (QED) is 0.718. The average Bonchev–Trinajstić information content (AvgIpc) is 3.13. The summed E-state index contributed by atoms with van der Waals surface area (Å²) in [6, 6.07) is 0.428. The van der Waals surface area contributed by atoms with E-state index < -0.39 is 11.6 Å². The maximum absolute atomic E-state index is 12.1. The van der Waals surface area contributed by atoms with Crippen LogP contribution in [0.2, 0.25) is 0 Å². The Hall–Kier alpha value is -1.30. The Labute approximate surface area is 126 Å². The van der Waals surface area contributed by atoms with E-state index in [1.54, 1.807) is 4.90 Å². The first-order valence-electron chi connectivity index (χ1n) is 7.64. The topological polar surface area (TPSA) is 78.9 Å². The molecular weight excluding hydrogens is 272 g/mol. The molecule has 0 saturated heterocycles. The second kappa shape index (κ2) is 7.64. The lowest BCUT2D eigenvalue weighted by atomic mass is 10.2. The molecule has 122 valence electrons. The predicted octanol–water partition coefficient (Wildman–Crippen LogP) is 2.23. The van der Waals surface area contributed by atoms with E-state index in [9.17, 15) is 9.59 Å². The van der Waals surface area contributed by atoms with Gasteiger partial charge in [0.25, 0.3) is 0 Å². The lowest BCUT2D eigenvalue weighted by molar-refractivity contribution is -0.137. The zero-order chi connectivity index (χ0) is 16.0. The van der Waals surface area contributed by atoms with Crippen LogP contribution in [-0.4, -0.2) is 52.8 Å². The predicted molar refractivity (Wildman–Crippen MR) is 80.3 cm³/mol. The number of amides is 1. The first kappa shape index (κ1) is 17.8. The summed E-state index contributed by atoms with van der Waals surface area (Å²) in [5.74, 6) is -0.781. The smallest absolute Gasteiger partial charge is 0.410 e. The van der Waals surface area contributed by atoms with Crippen molar-refractivity contribution in [3.8, 4) is 0 Å². The van der Waals surface area contributed by atoms with E-state index in [1.165, 1.54) is 0 Å². The lowest BCUT2D eigenvalue weighted by Gasteiger charge is -2.28. The molecule has 0 aromatic heterocycles. The molecule has 1 aliphatic rings. The molecule has 0 aromatic carbocycles. The minimum absolute atomic E-state index is 0.126. The summed E-state index contributed by atoms with van der Waals surface area (Å²) >= 11 is 0. The van der Waals surface area contributed by atoms with Crippen molar-refractivity contribution >= 4 is 12.1 Å². The van der Waals surface area contributed by atoms with Crippen molar-refractivity contribution in [1.82, 2.24) is 10.2 Å². The lowest BCUT2D eigenvalue weighted by Crippen LogP contribution is -2.43. The Morgan fingerprint density at radius 1 is 1.38 bits per heavy atom. The van der Waals surface area contributed by atoms with Crippen molar-refractivity contribution in [3.05, 3.63) is 0 Å². The highest BCUT2D eigenvalue weighted by Gasteiger charge is 2.34. The molecule has 1 atom stereocenters. The Morgan fingerprint density at radius 3 is 2.48 bits per heavy atom. The van der Waals surface area contributed by atoms with Gasteiger partial charge in [-0.15, -0.1) is 0 Å². The Morgan fingerprint density at radius 2 is 2.00 bits per heavy atom. The number of carboxylic acids is 1. The third-order valence-electron chi connectivity index (χ3n) is 3.25. The van der Waals surface area contributed by atoms with Gasteiger partial charge in [0.15, 0.2) is 0 Å². The maximum atomic E-state index is 12.1. The standard InChI is InChI=1S/C15H28N2O4/c1-11(5-8-13(18)19)16-9-10-17(12-6-7-12)14(20)21-15(2,3)4/h11-12,16H,5-10H2,1-4H3,(H,18,19). The zero-order valence-corrected chi connectivity index (χ0v) is 13.5. The van der Waals surface area contributed by atoms with E-state index in [1.807, 2.05) is 27.7 Å². The third kappa shape index (κ3) is 7.90. The van der Waals surface area contributed by atoms with Crippen LogP contribution in [0.3, 0.4) is 0 Å². The summed E-state index contributed by atoms with van der Waals surface area (Å²) in [7, 11) is 0. The number of rotatable bonds is 8. The third-order valence-corrected chi connectivity index (χ3v) is 3.25. The summed E-state index contributed by atoms with van der Waals surface area (Å²) in [6.07, 6.45) is 2.56. The molecule has 0 radical (unpaired) electrons. The first-order chi connectivity index (χ1) is 9.69. The van der Waals surface area contributed by atoms with E-state index in [0.29, 0.717) is 25.6 Å². The highest BCUT2D eigenvalue weighted by atomic mass is 16.6. The molecular formula is C15H28N2O4. The summed E-state index contributed by atoms with van der Waals surface area (Å²) in [5.41, 5.74) is -0.480. The molecule has 1 rings (SSSR count). The van der Waals surface area contributed by atoms with Crippen molar-refractivity contribution in [1.29, 1.82) is 0 Å². The molecule has 1 fully saturated rings. The van der Waals surface area contributed by atoms with Crippen LogP contribution in [-0.2, 0) is 9.53 Å². The van der Waals surface area contributed by atoms with Gasteiger partial charge in [-0.25, -0.2) is 4.79 Å². The van der Waals surface area contributed by atoms with Gasteiger partial charge in [0.05, 0.1) is 0 Å². The molecule has 0 bridgehead atoms. The Bertz CT molecular complexity index is 361. The maximum Gasteiger partial charge on any atom is 0.410 e. The summed E-state index contributed by atoms with van der Waals surface area (Å²) in [4.78, 5) is 24.4. The van der Waals surface area contributed by atoms with Gasteiger partial charge in [-0.3, -0.25) is 4.79 Å². The molecule has 0 heterocycles. The highest BCUT2D eigenvalue weighted by Crippen LogP contribution is 2.28. The van der Waals surface area contributed by atoms with Gasteiger partial charge in [0, 0.05) is 31.6 Å². The van der Waals surface area contributed by atoms with E-state index in [0.717, 1.165) is 12.8 Å². The number of ether oxygens (including phenoxy) is 1. The van der Waals surface area contributed by atoms with Gasteiger partial charge in [0.2, 0.25) is 0 Å². The SMILES string of the molecule is CC(CCC(=O)O)NCCN(C(=O)OC(C)(C)C)C1CC1. The fourth-order valence-electron chi connectivity index (χ4n) is 2.00. The number of carbonyl (C=O) groups excluding carboxylic acids is 1. The van der Waals surface area contributed by atoms with Gasteiger partial charge in [0.1, 0.15) is 5.60 Å². The summed E-state index contributed by atoms with van der Waals surface area (Å²) in [5, 5.41) is 11.9. The molecule has 21 heavy (non-hydrogen) atoms. The number of aliphatic carboxylic acids is 1. The van der Waals surface area contributed by atoms with Crippen LogP contribution in [0.5, 0.6) is 0 Å². The van der Waals surface area contributed by atoms with Crippen molar-refractivity contribution in [2.24, 2.45) is 0 Å². The number of carbonyl (C=O) groups is 2. The van der Waals surface area contributed by atoms with Crippen LogP contribution < -0.4 is 5.32 Å². The molecule has 1 amide bonds. The van der Waals surface area contributed by atoms with E-state index in [2.05, 4.69) is 5.32 Å². The largest absolute Gasteiger partial charge is 0.481 e. The van der Waals surface area contributed by atoms with E-state index >= 15 is 0 Å². The van der Waals surface area contributed by atoms with Crippen molar-refractivity contribution < 1.29 is 19.4 Å². The first-order valence-corrected chi connectivity index (χ1v) is 7.64. The molecule has 2 N–H and O–H groups in total. The normalized spacial score (nSPS) is 16.4. The van der Waals surface area contributed by atoms with Crippen molar-refractivity contribution in [2.45, 2.75) is 71.1 Å². The van der Waals surface area contributed by atoms with Crippen LogP contribution in [0.4, 0.5) is 4.79 Å². The van der Waals surface area contributed by atoms with Gasteiger partial charge >= 0.3 is 12.1 Å². The zero-order valence-electron chi connectivity index (χ0n) is 13.5. The minimum atomic E-state index is -0.781. The molecule has 1 unspecified atom stereocenters. The Balaban J connectivity index is 2.32. The summed E-state index contributed by atoms with van der Waals surface area (Å²) in [6.45, 7) is 8.79. The monoisotopic (exact) mass is 300 g/mol. The Kier molecular flexibility index (Phi) is 6.45. The number of carboxylic acid groups (broad SMARTS) is 1. The molecule has 0 aromatic rings. The van der Waals surface area contributed by atoms with Crippen LogP contribution in [0, 0.1) is 0 Å². The van der Waals surface area contributed by atoms with Gasteiger partial charge in [-0.1, -0.05) is 0 Å². The van der Waals surface area contributed by atoms with Gasteiger partial charge in [-0.2, -0.15) is 0 Å². The number of nitrogens with zero attached hydrogens (tertiary/aromatic N) is 1. The molecule has 6 heteroatoms. The average molecular weight is 300 g/mol. The van der Waals surface area contributed by atoms with Crippen LogP contribution in [0.1, 0.15) is 53.4 Å². The fourth-order valence-corrected chi connectivity index (χ4v) is 2.00. The molecule has 0 spiro atoms. The van der Waals surface area contributed by atoms with E-state index in [-0.39, 0.29) is 18.6 Å². The van der Waals surface area contributed by atoms with Crippen LogP contribution in [0.25, 0.3) is 0 Å². The summed E-state index contributed by atoms with van der Waals surface area (Å²) < 4.78 is 5.42. The number of hydrogen-bond donors (Lipinski definition) is 2. The highest BCUT2D eigenvalue weighted by molar-refractivity contribution is 5.69. The molecule has 6 nitrogen and oxygen atoms in total. The van der Waals surface area contributed by atoms with Gasteiger partial charge in [-0.05, 0) is 47.0 Å². The van der Waals surface area contributed by atoms with Crippen LogP contribution >= 0.6 is 0 Å². The van der Waals surface area contributed by atoms with Crippen LogP contribution in [0.15, 0.2) is 0 Å². The second-order valence-electron chi connectivity index (χ2n) is 6.69. The molecule has 1 saturated carbocycles. The molecule has 0 aliphatic heterocycles.